The van der Waals surface area contributed by atoms with Crippen molar-refractivity contribution in [3.63, 3.8) is 0 Å². The van der Waals surface area contributed by atoms with Crippen LogP contribution >= 0.6 is 0 Å². The molecule has 1 aliphatic heterocycles. The van der Waals surface area contributed by atoms with Gasteiger partial charge in [-0.2, -0.15) is 5.10 Å². The second-order valence-corrected chi connectivity index (χ2v) is 4.66. The molecule has 18 heavy (non-hydrogen) atoms. The van der Waals surface area contributed by atoms with E-state index in [2.05, 4.69) is 17.3 Å². The highest BCUT2D eigenvalue weighted by molar-refractivity contribution is 5.38. The fourth-order valence-electron chi connectivity index (χ4n) is 2.11. The largest absolute Gasteiger partial charge is 0.384 e. The quantitative estimate of drug-likeness (QED) is 0.835. The molecule has 1 atom stereocenters. The first-order valence-corrected chi connectivity index (χ1v) is 6.72. The second-order valence-electron chi connectivity index (χ2n) is 4.66. The maximum atomic E-state index is 11.8. The van der Waals surface area contributed by atoms with E-state index in [4.69, 9.17) is 4.74 Å². The van der Waals surface area contributed by atoms with Crippen LogP contribution in [0.3, 0.4) is 0 Å². The van der Waals surface area contributed by atoms with E-state index in [1.54, 1.807) is 12.3 Å². The molecular formula is C13H21N3O2. The van der Waals surface area contributed by atoms with Gasteiger partial charge in [-0.25, -0.2) is 4.68 Å². The summed E-state index contributed by atoms with van der Waals surface area (Å²) in [6, 6.07) is 1.61. The van der Waals surface area contributed by atoms with Gasteiger partial charge in [-0.15, -0.1) is 0 Å². The lowest BCUT2D eigenvalue weighted by molar-refractivity contribution is 0.0990. The van der Waals surface area contributed by atoms with E-state index in [0.717, 1.165) is 44.5 Å². The van der Waals surface area contributed by atoms with Crippen LogP contribution in [0, 0.1) is 0 Å². The summed E-state index contributed by atoms with van der Waals surface area (Å²) in [5, 5.41) is 7.34. The van der Waals surface area contributed by atoms with E-state index in [9.17, 15) is 4.79 Å². The number of ether oxygens (including phenoxy) is 1. The van der Waals surface area contributed by atoms with Gasteiger partial charge in [-0.05, 0) is 25.7 Å². The second kappa shape index (κ2) is 6.54. The summed E-state index contributed by atoms with van der Waals surface area (Å²) in [7, 11) is 0. The molecule has 1 fully saturated rings. The fourth-order valence-corrected chi connectivity index (χ4v) is 2.11. The maximum Gasteiger partial charge on any atom is 0.268 e. The van der Waals surface area contributed by atoms with Gasteiger partial charge in [0.25, 0.3) is 5.56 Å². The number of aryl methyl sites for hydroxylation is 1. The van der Waals surface area contributed by atoms with Crippen molar-refractivity contribution in [3.05, 3.63) is 22.6 Å². The molecule has 1 N–H and O–H groups in total. The van der Waals surface area contributed by atoms with E-state index in [0.29, 0.717) is 12.6 Å². The fraction of sp³-hybridized carbons (Fsp3) is 0.692. The lowest BCUT2D eigenvalue weighted by Crippen LogP contribution is -2.24. The molecule has 5 heteroatoms. The summed E-state index contributed by atoms with van der Waals surface area (Å²) in [5.74, 6) is 0. The predicted octanol–water partition coefficient (Wildman–Crippen LogP) is 1.63. The lowest BCUT2D eigenvalue weighted by atomic mass is 10.2. The van der Waals surface area contributed by atoms with Crippen molar-refractivity contribution in [1.82, 2.24) is 9.78 Å². The molecule has 2 heterocycles. The third kappa shape index (κ3) is 3.57. The molecule has 0 aliphatic carbocycles. The Labute approximate surface area is 107 Å². The van der Waals surface area contributed by atoms with E-state index >= 15 is 0 Å². The molecule has 0 bridgehead atoms. The molecule has 1 aromatic heterocycles. The summed E-state index contributed by atoms with van der Waals surface area (Å²) in [6.45, 7) is 4.44. The molecule has 1 unspecified atom stereocenters. The Morgan fingerprint density at radius 3 is 3.17 bits per heavy atom. The van der Waals surface area contributed by atoms with Gasteiger partial charge in [0, 0.05) is 25.8 Å². The van der Waals surface area contributed by atoms with Gasteiger partial charge < -0.3 is 10.1 Å². The van der Waals surface area contributed by atoms with Gasteiger partial charge >= 0.3 is 0 Å². The number of nitrogens with zero attached hydrogens (tertiary/aromatic N) is 2. The summed E-state index contributed by atoms with van der Waals surface area (Å²) in [5.41, 5.74) is 0.754. The van der Waals surface area contributed by atoms with Gasteiger partial charge in [-0.1, -0.05) is 6.92 Å². The highest BCUT2D eigenvalue weighted by Crippen LogP contribution is 2.15. The van der Waals surface area contributed by atoms with Crippen LogP contribution in [-0.2, 0) is 11.3 Å². The number of aromatic nitrogens is 2. The van der Waals surface area contributed by atoms with Crippen LogP contribution in [0.1, 0.15) is 32.6 Å². The summed E-state index contributed by atoms with van der Waals surface area (Å²) < 4.78 is 7.05. The van der Waals surface area contributed by atoms with Crippen molar-refractivity contribution in [1.29, 1.82) is 0 Å². The molecular weight excluding hydrogens is 230 g/mol. The molecule has 0 saturated carbocycles. The third-order valence-corrected chi connectivity index (χ3v) is 3.14. The predicted molar refractivity (Wildman–Crippen MR) is 70.9 cm³/mol. The zero-order chi connectivity index (χ0) is 12.8. The minimum absolute atomic E-state index is 0.0471. The van der Waals surface area contributed by atoms with Crippen molar-refractivity contribution in [3.8, 4) is 0 Å². The van der Waals surface area contributed by atoms with Crippen LogP contribution in [0.4, 0.5) is 5.69 Å². The standard InChI is InChI=1S/C13H21N3O2/c1-2-6-14-11-9-13(17)16(15-10-11)7-5-12-4-3-8-18-12/h9-10,12,14H,2-8H2,1H3. The van der Waals surface area contributed by atoms with Crippen LogP contribution in [0.5, 0.6) is 0 Å². The molecule has 0 spiro atoms. The number of hydrogen-bond donors (Lipinski definition) is 1. The average Bonchev–Trinajstić information content (AvgIpc) is 2.88. The average molecular weight is 251 g/mol. The van der Waals surface area contributed by atoms with Crippen LogP contribution in [0.25, 0.3) is 0 Å². The Balaban J connectivity index is 1.90. The molecule has 0 amide bonds. The molecule has 5 nitrogen and oxygen atoms in total. The van der Waals surface area contributed by atoms with Crippen molar-refractivity contribution < 1.29 is 4.74 Å². The van der Waals surface area contributed by atoms with E-state index < -0.39 is 0 Å². The minimum atomic E-state index is -0.0471. The normalized spacial score (nSPS) is 19.1. The zero-order valence-electron chi connectivity index (χ0n) is 10.9. The highest BCUT2D eigenvalue weighted by Gasteiger charge is 2.15. The Morgan fingerprint density at radius 1 is 1.61 bits per heavy atom. The Hall–Kier alpha value is -1.36. The van der Waals surface area contributed by atoms with Gasteiger partial charge in [0.05, 0.1) is 18.0 Å². The first-order valence-electron chi connectivity index (χ1n) is 6.72. The van der Waals surface area contributed by atoms with Crippen molar-refractivity contribution >= 4 is 5.69 Å². The smallest absolute Gasteiger partial charge is 0.268 e. The lowest BCUT2D eigenvalue weighted by Gasteiger charge is -2.10. The molecule has 1 aromatic rings. The molecule has 100 valence electrons. The number of anilines is 1. The third-order valence-electron chi connectivity index (χ3n) is 3.14. The van der Waals surface area contributed by atoms with Crippen molar-refractivity contribution in [2.45, 2.75) is 45.3 Å². The Morgan fingerprint density at radius 2 is 2.50 bits per heavy atom. The Kier molecular flexibility index (Phi) is 4.75. The van der Waals surface area contributed by atoms with Crippen LogP contribution in [0.2, 0.25) is 0 Å². The number of nitrogens with one attached hydrogen (secondary N) is 1. The van der Waals surface area contributed by atoms with Crippen LogP contribution < -0.4 is 10.9 Å². The SMILES string of the molecule is CCCNc1cnn(CCC2CCCO2)c(=O)c1. The monoisotopic (exact) mass is 251 g/mol. The maximum absolute atomic E-state index is 11.8. The first-order chi connectivity index (χ1) is 8.79. The van der Waals surface area contributed by atoms with Crippen molar-refractivity contribution in [2.75, 3.05) is 18.5 Å². The van der Waals surface area contributed by atoms with Gasteiger partial charge in [-0.3, -0.25) is 4.79 Å². The molecule has 0 radical (unpaired) electrons. The number of hydrogen-bond acceptors (Lipinski definition) is 4. The van der Waals surface area contributed by atoms with E-state index in [1.807, 2.05) is 0 Å². The van der Waals surface area contributed by atoms with Crippen LogP contribution in [-0.4, -0.2) is 29.0 Å². The highest BCUT2D eigenvalue weighted by atomic mass is 16.5. The molecule has 0 aromatic carbocycles. The topological polar surface area (TPSA) is 56.1 Å². The molecule has 1 aliphatic rings. The van der Waals surface area contributed by atoms with Gasteiger partial charge in [0.1, 0.15) is 0 Å². The van der Waals surface area contributed by atoms with E-state index in [-0.39, 0.29) is 5.56 Å². The minimum Gasteiger partial charge on any atom is -0.384 e. The zero-order valence-corrected chi connectivity index (χ0v) is 10.9. The summed E-state index contributed by atoms with van der Waals surface area (Å²) in [6.07, 6.45) is 6.15. The van der Waals surface area contributed by atoms with Gasteiger partial charge in [0.2, 0.25) is 0 Å². The van der Waals surface area contributed by atoms with Gasteiger partial charge in [0.15, 0.2) is 0 Å². The summed E-state index contributed by atoms with van der Waals surface area (Å²) >= 11 is 0. The van der Waals surface area contributed by atoms with Crippen LogP contribution in [0.15, 0.2) is 17.1 Å². The molecule has 1 saturated heterocycles. The number of rotatable bonds is 6. The Bertz CT molecular complexity index is 424. The molecule has 2 rings (SSSR count). The summed E-state index contributed by atoms with van der Waals surface area (Å²) in [4.78, 5) is 11.8. The first kappa shape index (κ1) is 13.1. The van der Waals surface area contributed by atoms with Crippen molar-refractivity contribution in [2.24, 2.45) is 0 Å². The van der Waals surface area contributed by atoms with E-state index in [1.165, 1.54) is 4.68 Å².